The van der Waals surface area contributed by atoms with Crippen molar-refractivity contribution in [2.75, 3.05) is 5.32 Å². The second-order valence-electron chi connectivity index (χ2n) is 5.96. The highest BCUT2D eigenvalue weighted by molar-refractivity contribution is 9.10. The van der Waals surface area contributed by atoms with Gasteiger partial charge in [0.2, 0.25) is 4.96 Å². The molecule has 1 amide bonds. The molecule has 0 fully saturated rings. The molecule has 0 aliphatic rings. The van der Waals surface area contributed by atoms with Crippen molar-refractivity contribution in [1.82, 2.24) is 14.6 Å². The monoisotopic (exact) mass is 460 g/mol. The van der Waals surface area contributed by atoms with Crippen LogP contribution in [-0.4, -0.2) is 26.6 Å². The zero-order valence-electron chi connectivity index (χ0n) is 14.6. The van der Waals surface area contributed by atoms with Crippen LogP contribution in [0.5, 0.6) is 5.75 Å². The van der Waals surface area contributed by atoms with Gasteiger partial charge in [-0.25, -0.2) is 8.91 Å². The van der Waals surface area contributed by atoms with Gasteiger partial charge in [0.25, 0.3) is 11.9 Å². The number of benzene rings is 2. The SMILES string of the molecule is CC(Oc1ccc(Br)cc1)C(=O)Nc1nc2scc(-c3ccc(F)cc3)n2n1. The van der Waals surface area contributed by atoms with E-state index in [0.717, 1.165) is 15.7 Å². The van der Waals surface area contributed by atoms with Crippen molar-refractivity contribution in [1.29, 1.82) is 0 Å². The van der Waals surface area contributed by atoms with E-state index in [2.05, 4.69) is 31.3 Å². The topological polar surface area (TPSA) is 68.5 Å². The number of hydrogen-bond donors (Lipinski definition) is 1. The van der Waals surface area contributed by atoms with Gasteiger partial charge in [0.1, 0.15) is 11.6 Å². The van der Waals surface area contributed by atoms with Crippen LogP contribution in [0.25, 0.3) is 16.2 Å². The molecule has 0 radical (unpaired) electrons. The van der Waals surface area contributed by atoms with Crippen LogP contribution in [-0.2, 0) is 4.79 Å². The van der Waals surface area contributed by atoms with E-state index in [-0.39, 0.29) is 17.7 Å². The maximum absolute atomic E-state index is 13.1. The van der Waals surface area contributed by atoms with Gasteiger partial charge in [-0.15, -0.1) is 16.4 Å². The summed E-state index contributed by atoms with van der Waals surface area (Å²) in [7, 11) is 0. The molecule has 2 aromatic heterocycles. The number of amides is 1. The highest BCUT2D eigenvalue weighted by atomic mass is 79.9. The molecule has 0 aliphatic carbocycles. The lowest BCUT2D eigenvalue weighted by atomic mass is 10.2. The van der Waals surface area contributed by atoms with Crippen molar-refractivity contribution >= 4 is 44.1 Å². The lowest BCUT2D eigenvalue weighted by Gasteiger charge is -2.13. The summed E-state index contributed by atoms with van der Waals surface area (Å²) in [5.74, 6) is 0.112. The van der Waals surface area contributed by atoms with E-state index in [1.807, 2.05) is 17.5 Å². The molecule has 0 saturated heterocycles. The molecule has 4 rings (SSSR count). The fourth-order valence-corrected chi connectivity index (χ4v) is 3.63. The number of halogens is 2. The second-order valence-corrected chi connectivity index (χ2v) is 7.71. The smallest absolute Gasteiger partial charge is 0.267 e. The highest BCUT2D eigenvalue weighted by Gasteiger charge is 2.18. The van der Waals surface area contributed by atoms with Crippen LogP contribution in [0.15, 0.2) is 58.4 Å². The summed E-state index contributed by atoms with van der Waals surface area (Å²) in [4.78, 5) is 17.3. The first kappa shape index (κ1) is 18.6. The number of ether oxygens (including phenoxy) is 1. The lowest BCUT2D eigenvalue weighted by Crippen LogP contribution is -2.30. The predicted octanol–water partition coefficient (Wildman–Crippen LogP) is 4.77. The van der Waals surface area contributed by atoms with Crippen molar-refractivity contribution in [3.8, 4) is 17.0 Å². The van der Waals surface area contributed by atoms with Crippen LogP contribution < -0.4 is 10.1 Å². The molecule has 0 spiro atoms. The van der Waals surface area contributed by atoms with Gasteiger partial charge in [-0.1, -0.05) is 15.9 Å². The first-order valence-electron chi connectivity index (χ1n) is 8.33. The Bertz CT molecular complexity index is 1130. The average molecular weight is 461 g/mol. The summed E-state index contributed by atoms with van der Waals surface area (Å²) >= 11 is 4.73. The van der Waals surface area contributed by atoms with Gasteiger partial charge in [0, 0.05) is 15.4 Å². The van der Waals surface area contributed by atoms with Gasteiger partial charge in [0.05, 0.1) is 5.69 Å². The van der Waals surface area contributed by atoms with Crippen molar-refractivity contribution in [2.45, 2.75) is 13.0 Å². The number of fused-ring (bicyclic) bond motifs is 1. The zero-order valence-corrected chi connectivity index (χ0v) is 17.0. The third kappa shape index (κ3) is 3.90. The summed E-state index contributed by atoms with van der Waals surface area (Å²) in [5.41, 5.74) is 1.58. The normalized spacial score (nSPS) is 12.1. The minimum Gasteiger partial charge on any atom is -0.481 e. The van der Waals surface area contributed by atoms with Crippen LogP contribution >= 0.6 is 27.3 Å². The summed E-state index contributed by atoms with van der Waals surface area (Å²) in [6, 6.07) is 13.3. The van der Waals surface area contributed by atoms with Gasteiger partial charge in [0.15, 0.2) is 6.10 Å². The van der Waals surface area contributed by atoms with E-state index in [1.54, 1.807) is 35.7 Å². The fourth-order valence-electron chi connectivity index (χ4n) is 2.54. The van der Waals surface area contributed by atoms with E-state index in [4.69, 9.17) is 4.74 Å². The molecule has 6 nitrogen and oxygen atoms in total. The van der Waals surface area contributed by atoms with Crippen LogP contribution in [0.2, 0.25) is 0 Å². The summed E-state index contributed by atoms with van der Waals surface area (Å²) in [6.45, 7) is 1.65. The molecule has 2 aromatic carbocycles. The molecular formula is C19H14BrFN4O2S. The summed E-state index contributed by atoms with van der Waals surface area (Å²) < 4.78 is 21.3. The number of nitrogens with zero attached hydrogens (tertiary/aromatic N) is 3. The minimum absolute atomic E-state index is 0.187. The number of thiazole rings is 1. The Morgan fingerprint density at radius 2 is 1.93 bits per heavy atom. The van der Waals surface area contributed by atoms with Crippen molar-refractivity contribution in [3.05, 3.63) is 64.2 Å². The van der Waals surface area contributed by atoms with Crippen molar-refractivity contribution in [2.24, 2.45) is 0 Å². The Morgan fingerprint density at radius 3 is 2.64 bits per heavy atom. The third-order valence-corrected chi connectivity index (χ3v) is 5.30. The van der Waals surface area contributed by atoms with Crippen molar-refractivity contribution < 1.29 is 13.9 Å². The predicted molar refractivity (Wildman–Crippen MR) is 109 cm³/mol. The highest BCUT2D eigenvalue weighted by Crippen LogP contribution is 2.26. The zero-order chi connectivity index (χ0) is 19.7. The Hall–Kier alpha value is -2.78. The second kappa shape index (κ2) is 7.69. The molecule has 9 heteroatoms. The molecule has 1 atom stereocenters. The Labute approximate surface area is 172 Å². The Balaban J connectivity index is 1.49. The van der Waals surface area contributed by atoms with E-state index in [0.29, 0.717) is 10.7 Å². The molecule has 0 bridgehead atoms. The number of carbonyl (C=O) groups is 1. The number of nitrogens with one attached hydrogen (secondary N) is 1. The summed E-state index contributed by atoms with van der Waals surface area (Å²) in [5, 5.41) is 8.89. The molecule has 4 aromatic rings. The first-order chi connectivity index (χ1) is 13.5. The van der Waals surface area contributed by atoms with Gasteiger partial charge < -0.3 is 4.74 Å². The molecule has 0 aliphatic heterocycles. The number of anilines is 1. The van der Waals surface area contributed by atoms with E-state index < -0.39 is 6.10 Å². The van der Waals surface area contributed by atoms with Crippen LogP contribution in [0.1, 0.15) is 6.92 Å². The number of aromatic nitrogens is 3. The number of rotatable bonds is 5. The Morgan fingerprint density at radius 1 is 1.21 bits per heavy atom. The molecule has 28 heavy (non-hydrogen) atoms. The van der Waals surface area contributed by atoms with Gasteiger partial charge >= 0.3 is 0 Å². The van der Waals surface area contributed by atoms with Crippen molar-refractivity contribution in [3.63, 3.8) is 0 Å². The molecule has 142 valence electrons. The van der Waals surface area contributed by atoms with E-state index in [9.17, 15) is 9.18 Å². The maximum Gasteiger partial charge on any atom is 0.267 e. The average Bonchev–Trinajstić information content (AvgIpc) is 3.24. The number of carbonyl (C=O) groups excluding carboxylic acids is 1. The maximum atomic E-state index is 13.1. The molecule has 2 heterocycles. The molecular weight excluding hydrogens is 447 g/mol. The largest absolute Gasteiger partial charge is 0.481 e. The van der Waals surface area contributed by atoms with E-state index in [1.165, 1.54) is 23.5 Å². The van der Waals surface area contributed by atoms with Crippen LogP contribution in [0.4, 0.5) is 10.3 Å². The molecule has 1 N–H and O–H groups in total. The van der Waals surface area contributed by atoms with Gasteiger partial charge in [-0.3, -0.25) is 10.1 Å². The van der Waals surface area contributed by atoms with Crippen LogP contribution in [0.3, 0.4) is 0 Å². The van der Waals surface area contributed by atoms with Crippen LogP contribution in [0, 0.1) is 5.82 Å². The number of hydrogen-bond acceptors (Lipinski definition) is 5. The quantitative estimate of drug-likeness (QED) is 0.465. The first-order valence-corrected chi connectivity index (χ1v) is 10.00. The summed E-state index contributed by atoms with van der Waals surface area (Å²) in [6.07, 6.45) is -0.723. The van der Waals surface area contributed by atoms with E-state index >= 15 is 0 Å². The third-order valence-electron chi connectivity index (χ3n) is 3.95. The minimum atomic E-state index is -0.723. The van der Waals surface area contributed by atoms with Gasteiger partial charge in [-0.2, -0.15) is 4.98 Å². The lowest BCUT2D eigenvalue weighted by molar-refractivity contribution is -0.122. The molecule has 0 saturated carbocycles. The fraction of sp³-hybridized carbons (Fsp3) is 0.105. The Kier molecular flexibility index (Phi) is 5.10. The molecule has 1 unspecified atom stereocenters. The van der Waals surface area contributed by atoms with Gasteiger partial charge in [-0.05, 0) is 55.5 Å². The standard InChI is InChI=1S/C19H14BrFN4O2S/c1-11(27-15-8-4-13(20)5-9-15)17(26)22-18-23-19-25(24-18)16(10-28-19)12-2-6-14(21)7-3-12/h2-11H,1H3,(H,22,24,26).